The highest BCUT2D eigenvalue weighted by molar-refractivity contribution is 5.82. The average molecular weight is 461 g/mol. The molecule has 1 aromatic heterocycles. The van der Waals surface area contributed by atoms with Gasteiger partial charge in [0.05, 0.1) is 30.8 Å². The summed E-state index contributed by atoms with van der Waals surface area (Å²) < 4.78 is 17.6. The van der Waals surface area contributed by atoms with Gasteiger partial charge in [0.1, 0.15) is 11.7 Å². The van der Waals surface area contributed by atoms with Gasteiger partial charge in [0, 0.05) is 28.2 Å². The lowest BCUT2D eigenvalue weighted by Crippen LogP contribution is -2.75. The van der Waals surface area contributed by atoms with Crippen LogP contribution in [0, 0.1) is 33.5 Å². The van der Waals surface area contributed by atoms with E-state index in [0.29, 0.717) is 12.8 Å². The van der Waals surface area contributed by atoms with Crippen LogP contribution in [0.2, 0.25) is 0 Å². The van der Waals surface area contributed by atoms with Crippen LogP contribution in [0.3, 0.4) is 0 Å². The molecule has 5 aliphatic rings. The number of carbonyl (C=O) groups is 1. The summed E-state index contributed by atoms with van der Waals surface area (Å²) in [5.74, 6) is -0.524. The average Bonchev–Trinajstić information content (AvgIpc) is 3.32. The number of furan rings is 1. The Morgan fingerprint density at radius 3 is 2.33 bits per heavy atom. The third-order valence-electron chi connectivity index (χ3n) is 11.4. The number of ether oxygens (including phenoxy) is 2. The monoisotopic (exact) mass is 460 g/mol. The first-order valence-electron chi connectivity index (χ1n) is 12.3. The van der Waals surface area contributed by atoms with Crippen LogP contribution >= 0.6 is 0 Å². The summed E-state index contributed by atoms with van der Waals surface area (Å²) in [7, 11) is 0. The summed E-state index contributed by atoms with van der Waals surface area (Å²) >= 11 is 0. The van der Waals surface area contributed by atoms with Crippen LogP contribution in [0.4, 0.5) is 0 Å². The largest absolute Gasteiger partial charge is 0.472 e. The normalized spacial score (nSPS) is 56.6. The second-order valence-electron chi connectivity index (χ2n) is 12.7. The van der Waals surface area contributed by atoms with Gasteiger partial charge in [-0.2, -0.15) is 0 Å². The van der Waals surface area contributed by atoms with E-state index in [9.17, 15) is 20.1 Å². The molecule has 0 amide bonds. The Bertz CT molecular complexity index is 989. The molecule has 5 fully saturated rings. The van der Waals surface area contributed by atoms with Crippen LogP contribution in [-0.4, -0.2) is 51.3 Å². The van der Waals surface area contributed by atoms with Gasteiger partial charge in [-0.05, 0) is 42.6 Å². The predicted molar refractivity (Wildman–Crippen MR) is 117 cm³/mol. The lowest BCUT2D eigenvalue weighted by molar-refractivity contribution is -0.293. The van der Waals surface area contributed by atoms with E-state index in [0.717, 1.165) is 18.4 Å². The van der Waals surface area contributed by atoms with E-state index >= 15 is 0 Å². The van der Waals surface area contributed by atoms with Crippen LogP contribution < -0.4 is 0 Å². The highest BCUT2D eigenvalue weighted by Gasteiger charge is 2.88. The van der Waals surface area contributed by atoms with Gasteiger partial charge in [-0.25, -0.2) is 4.79 Å². The lowest BCUT2D eigenvalue weighted by Gasteiger charge is -2.71. The van der Waals surface area contributed by atoms with Crippen LogP contribution in [0.15, 0.2) is 23.0 Å². The number of epoxide rings is 1. The number of rotatable bonds is 1. The number of hydrogen-bond acceptors (Lipinski definition) is 7. The molecule has 7 nitrogen and oxygen atoms in total. The van der Waals surface area contributed by atoms with E-state index in [4.69, 9.17) is 13.9 Å². The van der Waals surface area contributed by atoms with E-state index < -0.39 is 57.8 Å². The Morgan fingerprint density at radius 2 is 1.67 bits per heavy atom. The smallest absolute Gasteiger partial charge is 0.339 e. The summed E-state index contributed by atoms with van der Waals surface area (Å²) in [5, 5.41) is 34.1. The first-order valence-corrected chi connectivity index (χ1v) is 12.3. The molecule has 0 bridgehead atoms. The van der Waals surface area contributed by atoms with Gasteiger partial charge in [0.15, 0.2) is 6.10 Å². The maximum atomic E-state index is 13.1. The number of aliphatic hydroxyl groups excluding tert-OH is 3. The number of aliphatic hydroxyl groups is 3. The number of hydrogen-bond donors (Lipinski definition) is 3. The Hall–Kier alpha value is -1.41. The van der Waals surface area contributed by atoms with Gasteiger partial charge >= 0.3 is 5.97 Å². The Labute approximate surface area is 194 Å². The molecule has 1 spiro atoms. The van der Waals surface area contributed by atoms with E-state index in [-0.39, 0.29) is 17.8 Å². The molecule has 2 saturated heterocycles. The number of carbonyl (C=O) groups excluding carboxylic acids is 1. The lowest BCUT2D eigenvalue weighted by atomic mass is 9.34. The number of cyclic esters (lactones) is 1. The Balaban J connectivity index is 1.51. The molecule has 3 N–H and O–H groups in total. The van der Waals surface area contributed by atoms with Crippen molar-refractivity contribution in [2.24, 2.45) is 33.5 Å². The minimum Gasteiger partial charge on any atom is -0.472 e. The van der Waals surface area contributed by atoms with Crippen molar-refractivity contribution in [3.63, 3.8) is 0 Å². The molecule has 182 valence electrons. The zero-order valence-electron chi connectivity index (χ0n) is 20.1. The maximum Gasteiger partial charge on any atom is 0.339 e. The molecule has 0 radical (unpaired) electrons. The van der Waals surface area contributed by atoms with Crippen molar-refractivity contribution >= 4 is 5.97 Å². The quantitative estimate of drug-likeness (QED) is 0.436. The Morgan fingerprint density at radius 1 is 0.939 bits per heavy atom. The summed E-state index contributed by atoms with van der Waals surface area (Å²) in [4.78, 5) is 13.1. The van der Waals surface area contributed by atoms with Crippen LogP contribution in [-0.2, 0) is 14.3 Å². The fourth-order valence-corrected chi connectivity index (χ4v) is 9.48. The number of fused-ring (bicyclic) bond motifs is 3. The molecule has 7 heteroatoms. The summed E-state index contributed by atoms with van der Waals surface area (Å²) in [6, 6.07) is 1.83. The third-order valence-corrected chi connectivity index (χ3v) is 11.4. The molecule has 4 unspecified atom stereocenters. The molecule has 11 atom stereocenters. The van der Waals surface area contributed by atoms with Crippen molar-refractivity contribution < 1.29 is 34.0 Å². The van der Waals surface area contributed by atoms with Crippen LogP contribution in [0.5, 0.6) is 0 Å². The molecular formula is C26H36O7. The van der Waals surface area contributed by atoms with Crippen molar-refractivity contribution in [2.45, 2.75) is 96.4 Å². The summed E-state index contributed by atoms with van der Waals surface area (Å²) in [5.41, 5.74) is -2.33. The molecular weight excluding hydrogens is 424 g/mol. The van der Waals surface area contributed by atoms with Gasteiger partial charge in [0.2, 0.25) is 0 Å². The van der Waals surface area contributed by atoms with E-state index in [1.54, 1.807) is 12.5 Å². The summed E-state index contributed by atoms with van der Waals surface area (Å²) in [6.07, 6.45) is 2.17. The molecule has 3 heterocycles. The van der Waals surface area contributed by atoms with Crippen LogP contribution in [0.1, 0.15) is 72.0 Å². The topological polar surface area (TPSA) is 113 Å². The van der Waals surface area contributed by atoms with Gasteiger partial charge < -0.3 is 29.2 Å². The van der Waals surface area contributed by atoms with Gasteiger partial charge in [0.25, 0.3) is 0 Å². The highest BCUT2D eigenvalue weighted by atomic mass is 16.7. The molecule has 1 aromatic rings. The summed E-state index contributed by atoms with van der Waals surface area (Å²) in [6.45, 7) is 10.4. The fraction of sp³-hybridized carbons (Fsp3) is 0.808. The highest BCUT2D eigenvalue weighted by Crippen LogP contribution is 2.80. The second-order valence-corrected chi connectivity index (χ2v) is 12.7. The molecule has 3 saturated carbocycles. The van der Waals surface area contributed by atoms with Gasteiger partial charge in [-0.15, -0.1) is 0 Å². The SMILES string of the molecule is CC1(C)[C@H](O)CC(O)[C@]2(C)C3CCC4(C)C(c5ccoc5)OC(=O)[C@H]5O[C@]54[C@]3(C)[C@H](O)C[C@@H]12. The van der Waals surface area contributed by atoms with Crippen molar-refractivity contribution in [3.8, 4) is 0 Å². The molecule has 2 aliphatic heterocycles. The standard InChI is InChI=1S/C26H36O7/c1-22(2)15-10-18(29)25(5)14(24(15,4)17(28)11-16(22)27)6-8-23(3)19(13-7-9-31-12-13)32-21(30)20-26(23,25)33-20/h7,9,12,14-20,27-29H,6,8,10-11H2,1-5H3/t14?,15-,16+,17?,18+,19?,20+,23?,24+,25-,26+/m0/s1. The molecule has 0 aromatic carbocycles. The first kappa shape index (κ1) is 22.1. The van der Waals surface area contributed by atoms with E-state index in [1.165, 1.54) is 0 Å². The fourth-order valence-electron chi connectivity index (χ4n) is 9.48. The first-order chi connectivity index (χ1) is 15.4. The number of esters is 1. The Kier molecular flexibility index (Phi) is 4.17. The predicted octanol–water partition coefficient (Wildman–Crippen LogP) is 2.98. The van der Waals surface area contributed by atoms with Crippen molar-refractivity contribution in [2.75, 3.05) is 0 Å². The van der Waals surface area contributed by atoms with Gasteiger partial charge in [-0.1, -0.05) is 34.6 Å². The zero-order chi connectivity index (χ0) is 23.8. The minimum absolute atomic E-state index is 0.0602. The van der Waals surface area contributed by atoms with E-state index in [1.807, 2.05) is 6.07 Å². The second kappa shape index (κ2) is 6.23. The minimum atomic E-state index is -0.881. The molecule has 6 rings (SSSR count). The molecule has 33 heavy (non-hydrogen) atoms. The van der Waals surface area contributed by atoms with Crippen molar-refractivity contribution in [1.29, 1.82) is 0 Å². The zero-order valence-corrected chi connectivity index (χ0v) is 20.1. The van der Waals surface area contributed by atoms with Crippen molar-refractivity contribution in [3.05, 3.63) is 24.2 Å². The molecule has 3 aliphatic carbocycles. The van der Waals surface area contributed by atoms with E-state index in [2.05, 4.69) is 34.6 Å². The van der Waals surface area contributed by atoms with Gasteiger partial charge in [-0.3, -0.25) is 0 Å². The maximum absolute atomic E-state index is 13.1. The third kappa shape index (κ3) is 2.20. The van der Waals surface area contributed by atoms with Crippen molar-refractivity contribution in [1.82, 2.24) is 0 Å². The van der Waals surface area contributed by atoms with Crippen LogP contribution in [0.25, 0.3) is 0 Å².